The minimum absolute atomic E-state index is 0.0349. The van der Waals surface area contributed by atoms with Crippen LogP contribution in [0.15, 0.2) is 32.1 Å². The maximum atomic E-state index is 13.2. The number of rotatable bonds is 3. The average molecular weight is 350 g/mol. The van der Waals surface area contributed by atoms with Gasteiger partial charge in [-0.25, -0.2) is 17.5 Å². The predicted molar refractivity (Wildman–Crippen MR) is 70.6 cm³/mol. The van der Waals surface area contributed by atoms with E-state index in [0.29, 0.717) is 5.69 Å². The van der Waals surface area contributed by atoms with Crippen LogP contribution in [0.25, 0.3) is 0 Å². The molecule has 2 aromatic rings. The fourth-order valence-corrected chi connectivity index (χ4v) is 3.37. The van der Waals surface area contributed by atoms with Crippen molar-refractivity contribution in [3.05, 3.63) is 34.2 Å². The second kappa shape index (κ2) is 4.82. The molecule has 1 aromatic heterocycles. The zero-order valence-electron chi connectivity index (χ0n) is 9.65. The molecule has 0 amide bonds. The number of hydrogen-bond acceptors (Lipinski definition) is 5. The molecule has 3 N–H and O–H groups in total. The number of sulfonamides is 1. The van der Waals surface area contributed by atoms with Gasteiger partial charge in [-0.3, -0.25) is 0 Å². The summed E-state index contributed by atoms with van der Waals surface area (Å²) >= 11 is 2.97. The summed E-state index contributed by atoms with van der Waals surface area (Å²) in [4.78, 5) is -0.194. The quantitative estimate of drug-likeness (QED) is 0.828. The first-order valence-electron chi connectivity index (χ1n) is 5.00. The molecule has 1 heterocycles. The number of nitrogens with one attached hydrogen (secondary N) is 1. The molecular weight excluding hydrogens is 341 g/mol. The average Bonchev–Trinajstić information content (AvgIpc) is 2.68. The Balaban J connectivity index is 2.42. The van der Waals surface area contributed by atoms with Gasteiger partial charge in [-0.2, -0.15) is 0 Å². The van der Waals surface area contributed by atoms with Gasteiger partial charge in [-0.05, 0) is 35.0 Å². The van der Waals surface area contributed by atoms with Gasteiger partial charge in [0.1, 0.15) is 10.7 Å². The van der Waals surface area contributed by atoms with Crippen LogP contribution in [0.4, 0.5) is 16.0 Å². The molecule has 0 spiro atoms. The van der Waals surface area contributed by atoms with Crippen molar-refractivity contribution in [3.63, 3.8) is 0 Å². The van der Waals surface area contributed by atoms with E-state index in [2.05, 4.69) is 25.8 Å². The Labute approximate surface area is 117 Å². The van der Waals surface area contributed by atoms with Crippen LogP contribution >= 0.6 is 15.9 Å². The molecule has 0 saturated carbocycles. The lowest BCUT2D eigenvalue weighted by molar-refractivity contribution is 0.430. The summed E-state index contributed by atoms with van der Waals surface area (Å²) in [5.74, 6) is -0.742. The van der Waals surface area contributed by atoms with Crippen molar-refractivity contribution in [2.24, 2.45) is 0 Å². The van der Waals surface area contributed by atoms with Crippen LogP contribution in [0.5, 0.6) is 0 Å². The predicted octanol–water partition coefficient (Wildman–Crippen LogP) is 2.27. The first-order valence-corrected chi connectivity index (χ1v) is 7.28. The molecule has 0 unspecified atom stereocenters. The molecule has 0 aliphatic carbocycles. The molecule has 0 aliphatic heterocycles. The van der Waals surface area contributed by atoms with E-state index in [1.807, 2.05) is 0 Å². The Morgan fingerprint density at radius 3 is 2.68 bits per heavy atom. The Hall–Kier alpha value is -1.61. The van der Waals surface area contributed by atoms with E-state index in [-0.39, 0.29) is 20.9 Å². The second-order valence-electron chi connectivity index (χ2n) is 3.74. The van der Waals surface area contributed by atoms with Gasteiger partial charge in [0, 0.05) is 10.5 Å². The number of nitrogen functional groups attached to an aromatic ring is 1. The lowest BCUT2D eigenvalue weighted by atomic mass is 10.3. The second-order valence-corrected chi connectivity index (χ2v) is 6.25. The van der Waals surface area contributed by atoms with Crippen LogP contribution in [-0.2, 0) is 10.0 Å². The maximum Gasteiger partial charge on any atom is 0.265 e. The van der Waals surface area contributed by atoms with Gasteiger partial charge in [-0.15, -0.1) is 0 Å². The van der Waals surface area contributed by atoms with Gasteiger partial charge in [0.15, 0.2) is 0 Å². The molecule has 102 valence electrons. The summed E-state index contributed by atoms with van der Waals surface area (Å²) in [5.41, 5.74) is 5.62. The third kappa shape index (κ3) is 2.87. The highest BCUT2D eigenvalue weighted by Crippen LogP contribution is 2.28. The number of nitrogens with zero attached hydrogens (tertiary/aromatic N) is 1. The number of anilines is 2. The molecule has 6 nitrogen and oxygen atoms in total. The van der Waals surface area contributed by atoms with E-state index >= 15 is 0 Å². The molecule has 1 aromatic carbocycles. The highest BCUT2D eigenvalue weighted by molar-refractivity contribution is 9.10. The van der Waals surface area contributed by atoms with E-state index < -0.39 is 15.8 Å². The van der Waals surface area contributed by atoms with Gasteiger partial charge < -0.3 is 10.3 Å². The van der Waals surface area contributed by atoms with Gasteiger partial charge >= 0.3 is 0 Å². The molecule has 0 fully saturated rings. The van der Waals surface area contributed by atoms with Crippen molar-refractivity contribution in [1.82, 2.24) is 5.16 Å². The van der Waals surface area contributed by atoms with Gasteiger partial charge in [0.2, 0.25) is 5.88 Å². The Kier molecular flexibility index (Phi) is 3.50. The topological polar surface area (TPSA) is 98.2 Å². The van der Waals surface area contributed by atoms with Gasteiger partial charge in [0.25, 0.3) is 10.0 Å². The molecule has 0 saturated heterocycles. The first kappa shape index (κ1) is 13.8. The first-order chi connectivity index (χ1) is 8.79. The normalized spacial score (nSPS) is 11.5. The monoisotopic (exact) mass is 349 g/mol. The summed E-state index contributed by atoms with van der Waals surface area (Å²) in [6.07, 6.45) is 0. The SMILES string of the molecule is Cc1cc(NS(=O)(=O)c2cc(N)c(F)cc2Br)on1. The van der Waals surface area contributed by atoms with Gasteiger partial charge in [0.05, 0.1) is 11.4 Å². The fourth-order valence-electron chi connectivity index (χ4n) is 1.35. The van der Waals surface area contributed by atoms with Crippen molar-refractivity contribution in [3.8, 4) is 0 Å². The van der Waals surface area contributed by atoms with Crippen molar-refractivity contribution in [2.45, 2.75) is 11.8 Å². The van der Waals surface area contributed by atoms with Crippen LogP contribution in [0, 0.1) is 12.7 Å². The lowest BCUT2D eigenvalue weighted by Crippen LogP contribution is -2.14. The zero-order chi connectivity index (χ0) is 14.2. The Bertz CT molecular complexity index is 730. The smallest absolute Gasteiger partial charge is 0.265 e. The van der Waals surface area contributed by atoms with Crippen LogP contribution < -0.4 is 10.5 Å². The highest BCUT2D eigenvalue weighted by atomic mass is 79.9. The van der Waals surface area contributed by atoms with E-state index in [1.54, 1.807) is 6.92 Å². The molecule has 0 bridgehead atoms. The summed E-state index contributed by atoms with van der Waals surface area (Å²) in [6, 6.07) is 3.42. The van der Waals surface area contributed by atoms with E-state index in [4.69, 9.17) is 10.3 Å². The molecule has 2 rings (SSSR count). The summed E-state index contributed by atoms with van der Waals surface area (Å²) in [5, 5.41) is 3.55. The van der Waals surface area contributed by atoms with Crippen LogP contribution in [0.3, 0.4) is 0 Å². The van der Waals surface area contributed by atoms with Crippen molar-refractivity contribution in [1.29, 1.82) is 0 Å². The molecule has 19 heavy (non-hydrogen) atoms. The molecule has 9 heteroatoms. The number of aromatic nitrogens is 1. The maximum absolute atomic E-state index is 13.2. The van der Waals surface area contributed by atoms with Crippen LogP contribution in [0.1, 0.15) is 5.69 Å². The third-order valence-electron chi connectivity index (χ3n) is 2.20. The summed E-state index contributed by atoms with van der Waals surface area (Å²) in [7, 11) is -3.95. The molecule has 0 atom stereocenters. The zero-order valence-corrected chi connectivity index (χ0v) is 12.0. The minimum Gasteiger partial charge on any atom is -0.396 e. The Morgan fingerprint density at radius 2 is 2.11 bits per heavy atom. The van der Waals surface area contributed by atoms with Crippen LogP contribution in [0.2, 0.25) is 0 Å². The van der Waals surface area contributed by atoms with E-state index in [1.165, 1.54) is 6.07 Å². The fraction of sp³-hybridized carbons (Fsp3) is 0.100. The Morgan fingerprint density at radius 1 is 1.42 bits per heavy atom. The number of aryl methyl sites for hydroxylation is 1. The number of hydrogen-bond donors (Lipinski definition) is 2. The van der Waals surface area contributed by atoms with Crippen molar-refractivity contribution < 1.29 is 17.3 Å². The molecule has 0 aliphatic rings. The minimum atomic E-state index is -3.95. The molecular formula is C10H9BrFN3O3S. The highest BCUT2D eigenvalue weighted by Gasteiger charge is 2.21. The standard InChI is InChI=1S/C10H9BrFN3O3S/c1-5-2-10(18-14-5)15-19(16,17)9-4-8(13)7(12)3-6(9)11/h2-4,15H,13H2,1H3. The number of halogens is 2. The largest absolute Gasteiger partial charge is 0.396 e. The third-order valence-corrected chi connectivity index (χ3v) is 4.51. The van der Waals surface area contributed by atoms with Gasteiger partial charge in [-0.1, -0.05) is 5.16 Å². The number of nitrogens with two attached hydrogens (primary N) is 1. The van der Waals surface area contributed by atoms with Crippen LogP contribution in [-0.4, -0.2) is 13.6 Å². The van der Waals surface area contributed by atoms with E-state index in [0.717, 1.165) is 12.1 Å². The lowest BCUT2D eigenvalue weighted by Gasteiger charge is -2.08. The number of benzene rings is 1. The van der Waals surface area contributed by atoms with Crippen molar-refractivity contribution >= 4 is 37.5 Å². The van der Waals surface area contributed by atoms with E-state index in [9.17, 15) is 12.8 Å². The summed E-state index contributed by atoms with van der Waals surface area (Å²) in [6.45, 7) is 1.65. The summed E-state index contributed by atoms with van der Waals surface area (Å²) < 4.78 is 44.3. The molecule has 0 radical (unpaired) electrons. The van der Waals surface area contributed by atoms with Crippen molar-refractivity contribution in [2.75, 3.05) is 10.5 Å².